The van der Waals surface area contributed by atoms with Crippen molar-refractivity contribution in [2.24, 2.45) is 7.05 Å². The molecule has 4 rings (SSSR count). The van der Waals surface area contributed by atoms with E-state index < -0.39 is 0 Å². The SMILES string of the molecule is CC(NC(=O)N1CCN(c2ccncc2F)CC1)c1cccc2nn(C)cc12. The van der Waals surface area contributed by atoms with E-state index in [1.807, 2.05) is 43.3 Å². The number of nitrogens with one attached hydrogen (secondary N) is 1. The molecule has 8 heteroatoms. The van der Waals surface area contributed by atoms with E-state index in [-0.39, 0.29) is 17.9 Å². The van der Waals surface area contributed by atoms with Crippen LogP contribution in [0.3, 0.4) is 0 Å². The smallest absolute Gasteiger partial charge is 0.317 e. The fraction of sp³-hybridized carbons (Fsp3) is 0.350. The number of urea groups is 1. The highest BCUT2D eigenvalue weighted by Crippen LogP contribution is 2.24. The number of aromatic nitrogens is 3. The molecule has 146 valence electrons. The molecule has 3 heterocycles. The first-order chi connectivity index (χ1) is 13.5. The zero-order chi connectivity index (χ0) is 19.7. The van der Waals surface area contributed by atoms with E-state index in [1.54, 1.807) is 21.8 Å². The summed E-state index contributed by atoms with van der Waals surface area (Å²) in [4.78, 5) is 20.2. The second-order valence-electron chi connectivity index (χ2n) is 7.06. The fourth-order valence-electron chi connectivity index (χ4n) is 3.69. The summed E-state index contributed by atoms with van der Waals surface area (Å²) in [6.45, 7) is 4.22. The van der Waals surface area contributed by atoms with Crippen molar-refractivity contribution in [1.82, 2.24) is 25.0 Å². The third-order valence-corrected chi connectivity index (χ3v) is 5.16. The fourth-order valence-corrected chi connectivity index (χ4v) is 3.69. The lowest BCUT2D eigenvalue weighted by Crippen LogP contribution is -2.52. The third-order valence-electron chi connectivity index (χ3n) is 5.16. The van der Waals surface area contributed by atoms with Crippen molar-refractivity contribution < 1.29 is 9.18 Å². The standard InChI is InChI=1S/C20H23FN6O/c1-14(15-4-3-5-18-16(15)13-25(2)24-18)23-20(28)27-10-8-26(9-11-27)19-6-7-22-12-17(19)21/h3-7,12-14H,8-11H2,1-2H3,(H,23,28). The quantitative estimate of drug-likeness (QED) is 0.756. The van der Waals surface area contributed by atoms with Crippen LogP contribution in [-0.4, -0.2) is 51.9 Å². The summed E-state index contributed by atoms with van der Waals surface area (Å²) in [6, 6.07) is 7.35. The van der Waals surface area contributed by atoms with E-state index in [4.69, 9.17) is 0 Å². The first-order valence-electron chi connectivity index (χ1n) is 9.35. The zero-order valence-electron chi connectivity index (χ0n) is 16.0. The van der Waals surface area contributed by atoms with Gasteiger partial charge in [0.25, 0.3) is 0 Å². The summed E-state index contributed by atoms with van der Waals surface area (Å²) in [5.74, 6) is -0.335. The lowest BCUT2D eigenvalue weighted by Gasteiger charge is -2.36. The van der Waals surface area contributed by atoms with Crippen LogP contribution in [0, 0.1) is 5.82 Å². The molecule has 1 aliphatic heterocycles. The Morgan fingerprint density at radius 1 is 1.21 bits per heavy atom. The largest absolute Gasteiger partial charge is 0.366 e. The van der Waals surface area contributed by atoms with Gasteiger partial charge >= 0.3 is 6.03 Å². The number of hydrogen-bond donors (Lipinski definition) is 1. The van der Waals surface area contributed by atoms with Crippen LogP contribution in [0.5, 0.6) is 0 Å². The van der Waals surface area contributed by atoms with Gasteiger partial charge in [-0.3, -0.25) is 9.67 Å². The average molecular weight is 382 g/mol. The van der Waals surface area contributed by atoms with Crippen molar-refractivity contribution >= 4 is 22.6 Å². The Bertz CT molecular complexity index is 995. The van der Waals surface area contributed by atoms with Gasteiger partial charge in [-0.1, -0.05) is 12.1 Å². The summed E-state index contributed by atoms with van der Waals surface area (Å²) in [6.07, 6.45) is 4.77. The molecule has 1 aromatic carbocycles. The first-order valence-corrected chi connectivity index (χ1v) is 9.35. The van der Waals surface area contributed by atoms with Gasteiger partial charge in [-0.25, -0.2) is 9.18 Å². The van der Waals surface area contributed by atoms with E-state index >= 15 is 0 Å². The van der Waals surface area contributed by atoms with Crippen molar-refractivity contribution in [2.45, 2.75) is 13.0 Å². The second-order valence-corrected chi connectivity index (χ2v) is 7.06. The maximum absolute atomic E-state index is 13.9. The van der Waals surface area contributed by atoms with Gasteiger partial charge < -0.3 is 15.1 Å². The first kappa shape index (κ1) is 18.2. The van der Waals surface area contributed by atoms with Gasteiger partial charge in [0, 0.05) is 51.0 Å². The van der Waals surface area contributed by atoms with E-state index in [0.29, 0.717) is 31.9 Å². The highest BCUT2D eigenvalue weighted by atomic mass is 19.1. The molecule has 1 fully saturated rings. The lowest BCUT2D eigenvalue weighted by molar-refractivity contribution is 0.191. The van der Waals surface area contributed by atoms with Crippen LogP contribution >= 0.6 is 0 Å². The van der Waals surface area contributed by atoms with Crippen LogP contribution in [-0.2, 0) is 7.05 Å². The summed E-state index contributed by atoms with van der Waals surface area (Å²) >= 11 is 0. The molecule has 0 saturated carbocycles. The Hall–Kier alpha value is -3.16. The lowest BCUT2D eigenvalue weighted by atomic mass is 10.0. The Kier molecular flexibility index (Phi) is 4.85. The molecule has 0 radical (unpaired) electrons. The number of nitrogens with zero attached hydrogens (tertiary/aromatic N) is 5. The average Bonchev–Trinajstić information content (AvgIpc) is 3.08. The Morgan fingerprint density at radius 3 is 2.75 bits per heavy atom. The number of benzene rings is 1. The molecule has 2 amide bonds. The number of fused-ring (bicyclic) bond motifs is 1. The maximum Gasteiger partial charge on any atom is 0.317 e. The number of carbonyl (C=O) groups is 1. The normalized spacial score (nSPS) is 15.7. The molecule has 1 atom stereocenters. The number of carbonyl (C=O) groups excluding carboxylic acids is 1. The van der Waals surface area contributed by atoms with Crippen molar-refractivity contribution in [3.8, 4) is 0 Å². The Balaban J connectivity index is 1.40. The van der Waals surface area contributed by atoms with Crippen molar-refractivity contribution in [1.29, 1.82) is 0 Å². The van der Waals surface area contributed by atoms with Crippen LogP contribution < -0.4 is 10.2 Å². The van der Waals surface area contributed by atoms with E-state index in [0.717, 1.165) is 16.5 Å². The van der Waals surface area contributed by atoms with Gasteiger partial charge in [0.1, 0.15) is 0 Å². The van der Waals surface area contributed by atoms with Gasteiger partial charge in [-0.05, 0) is 24.6 Å². The number of halogens is 1. The topological polar surface area (TPSA) is 66.3 Å². The Morgan fingerprint density at radius 2 is 2.00 bits per heavy atom. The summed E-state index contributed by atoms with van der Waals surface area (Å²) in [5, 5.41) is 8.54. The zero-order valence-corrected chi connectivity index (χ0v) is 16.0. The van der Waals surface area contributed by atoms with E-state index in [2.05, 4.69) is 15.4 Å². The number of aryl methyl sites for hydroxylation is 1. The number of amides is 2. The molecule has 0 spiro atoms. The number of hydrogen-bond acceptors (Lipinski definition) is 4. The predicted molar refractivity (Wildman–Crippen MR) is 106 cm³/mol. The summed E-state index contributed by atoms with van der Waals surface area (Å²) < 4.78 is 15.7. The minimum absolute atomic E-state index is 0.108. The highest BCUT2D eigenvalue weighted by Gasteiger charge is 2.24. The number of pyridine rings is 1. The minimum atomic E-state index is -0.335. The molecule has 28 heavy (non-hydrogen) atoms. The maximum atomic E-state index is 13.9. The van der Waals surface area contributed by atoms with Crippen LogP contribution in [0.1, 0.15) is 18.5 Å². The molecule has 0 aliphatic carbocycles. The van der Waals surface area contributed by atoms with Gasteiger partial charge in [0.05, 0.1) is 23.4 Å². The predicted octanol–water partition coefficient (Wildman–Crippen LogP) is 2.70. The van der Waals surface area contributed by atoms with Crippen molar-refractivity contribution in [3.05, 3.63) is 54.2 Å². The number of anilines is 1. The molecular weight excluding hydrogens is 359 g/mol. The van der Waals surface area contributed by atoms with Gasteiger partial charge in [0.15, 0.2) is 5.82 Å². The minimum Gasteiger partial charge on any atom is -0.366 e. The number of rotatable bonds is 3. The molecule has 1 N–H and O–H groups in total. The van der Waals surface area contributed by atoms with Crippen LogP contribution in [0.4, 0.5) is 14.9 Å². The van der Waals surface area contributed by atoms with Gasteiger partial charge in [-0.15, -0.1) is 0 Å². The van der Waals surface area contributed by atoms with E-state index in [9.17, 15) is 9.18 Å². The molecule has 1 unspecified atom stereocenters. The van der Waals surface area contributed by atoms with Crippen LogP contribution in [0.25, 0.3) is 10.9 Å². The third kappa shape index (κ3) is 3.49. The van der Waals surface area contributed by atoms with Crippen molar-refractivity contribution in [3.63, 3.8) is 0 Å². The highest BCUT2D eigenvalue weighted by molar-refractivity contribution is 5.83. The molecule has 2 aromatic heterocycles. The van der Waals surface area contributed by atoms with E-state index in [1.165, 1.54) is 6.20 Å². The molecule has 3 aromatic rings. The monoisotopic (exact) mass is 382 g/mol. The van der Waals surface area contributed by atoms with Gasteiger partial charge in [0.2, 0.25) is 0 Å². The Labute approximate surface area is 162 Å². The molecule has 1 saturated heterocycles. The molecule has 1 aliphatic rings. The summed E-state index contributed by atoms with van der Waals surface area (Å²) in [7, 11) is 1.89. The molecule has 7 nitrogen and oxygen atoms in total. The molecule has 0 bridgehead atoms. The second kappa shape index (κ2) is 7.46. The van der Waals surface area contributed by atoms with Crippen LogP contribution in [0.2, 0.25) is 0 Å². The summed E-state index contributed by atoms with van der Waals surface area (Å²) in [5.41, 5.74) is 2.48. The van der Waals surface area contributed by atoms with Crippen molar-refractivity contribution in [2.75, 3.05) is 31.1 Å². The number of piperazine rings is 1. The molecular formula is C20H23FN6O. The van der Waals surface area contributed by atoms with Gasteiger partial charge in [-0.2, -0.15) is 5.10 Å². The van der Waals surface area contributed by atoms with Crippen LogP contribution in [0.15, 0.2) is 42.9 Å².